The molecule has 3 aromatic rings. The Morgan fingerprint density at radius 3 is 2.43 bits per heavy atom. The molecule has 0 spiro atoms. The van der Waals surface area contributed by atoms with Gasteiger partial charge in [-0.15, -0.1) is 0 Å². The quantitative estimate of drug-likeness (QED) is 0.286. The van der Waals surface area contributed by atoms with Gasteiger partial charge in [0.1, 0.15) is 11.5 Å². The Morgan fingerprint density at radius 2 is 1.74 bits per heavy atom. The van der Waals surface area contributed by atoms with Gasteiger partial charge in [-0.05, 0) is 85.0 Å². The van der Waals surface area contributed by atoms with Gasteiger partial charge in [0.15, 0.2) is 0 Å². The second-order valence-electron chi connectivity index (χ2n) is 9.36. The smallest absolute Gasteiger partial charge is 0.303 e. The zero-order valence-corrected chi connectivity index (χ0v) is 21.4. The van der Waals surface area contributed by atoms with E-state index in [-0.39, 0.29) is 12.5 Å². The minimum absolute atomic E-state index is 0.0149. The molecule has 0 aliphatic heterocycles. The first-order chi connectivity index (χ1) is 16.9. The summed E-state index contributed by atoms with van der Waals surface area (Å²) < 4.78 is 12.4. The second-order valence-corrected chi connectivity index (χ2v) is 9.36. The summed E-state index contributed by atoms with van der Waals surface area (Å²) in [5, 5.41) is 8.90. The zero-order chi connectivity index (χ0) is 25.2. The molecule has 35 heavy (non-hydrogen) atoms. The highest BCUT2D eigenvalue weighted by Gasteiger charge is 2.16. The number of carbonyl (C=O) groups is 1. The van der Waals surface area contributed by atoms with Gasteiger partial charge in [0.2, 0.25) is 0 Å². The fourth-order valence-electron chi connectivity index (χ4n) is 4.29. The van der Waals surface area contributed by atoms with E-state index in [1.165, 1.54) is 16.7 Å². The third-order valence-electron chi connectivity index (χ3n) is 6.44. The molecule has 1 N–H and O–H groups in total. The highest BCUT2D eigenvalue weighted by Crippen LogP contribution is 2.31. The summed E-state index contributed by atoms with van der Waals surface area (Å²) in [5.41, 5.74) is 6.02. The Balaban J connectivity index is 1.58. The molecule has 2 atom stereocenters. The van der Waals surface area contributed by atoms with Crippen LogP contribution in [-0.4, -0.2) is 23.8 Å². The summed E-state index contributed by atoms with van der Waals surface area (Å²) in [6, 6.07) is 23.0. The number of carboxylic acids is 1. The van der Waals surface area contributed by atoms with E-state index in [0.717, 1.165) is 41.9 Å². The van der Waals surface area contributed by atoms with Crippen molar-refractivity contribution in [1.29, 1.82) is 0 Å². The van der Waals surface area contributed by atoms with Crippen molar-refractivity contribution in [3.63, 3.8) is 0 Å². The number of hydrogen-bond acceptors (Lipinski definition) is 3. The second kappa shape index (κ2) is 13.0. The van der Waals surface area contributed by atoms with Crippen molar-refractivity contribution in [3.8, 4) is 11.5 Å². The molecular weight excluding hydrogens is 436 g/mol. The first-order valence-electron chi connectivity index (χ1n) is 12.6. The maximum atomic E-state index is 10.8. The van der Waals surface area contributed by atoms with Gasteiger partial charge in [0, 0.05) is 12.8 Å². The minimum atomic E-state index is -0.777. The van der Waals surface area contributed by atoms with Crippen molar-refractivity contribution in [2.45, 2.75) is 71.8 Å². The predicted molar refractivity (Wildman–Crippen MR) is 142 cm³/mol. The number of benzene rings is 3. The number of aryl methyl sites for hydroxylation is 3. The van der Waals surface area contributed by atoms with Crippen molar-refractivity contribution in [1.82, 2.24) is 0 Å². The maximum Gasteiger partial charge on any atom is 0.303 e. The lowest BCUT2D eigenvalue weighted by atomic mass is 9.91. The van der Waals surface area contributed by atoms with Crippen LogP contribution in [0.15, 0.2) is 66.7 Å². The molecule has 0 fully saturated rings. The topological polar surface area (TPSA) is 55.8 Å². The van der Waals surface area contributed by atoms with Gasteiger partial charge in [0.25, 0.3) is 0 Å². The van der Waals surface area contributed by atoms with Crippen molar-refractivity contribution < 1.29 is 19.4 Å². The molecule has 0 saturated heterocycles. The minimum Gasteiger partial charge on any atom is -0.493 e. The van der Waals surface area contributed by atoms with E-state index in [2.05, 4.69) is 69.3 Å². The molecule has 0 radical (unpaired) electrons. The van der Waals surface area contributed by atoms with Gasteiger partial charge < -0.3 is 14.6 Å². The van der Waals surface area contributed by atoms with Crippen LogP contribution in [0.25, 0.3) is 0 Å². The van der Waals surface area contributed by atoms with E-state index in [4.69, 9.17) is 14.6 Å². The standard InChI is InChI=1S/C31H38O4/c1-5-25-11-15-30(29(21-25)23(3)19-26-9-7-6-8-10-26)35-24(4)17-18-34-28-14-12-27(22(2)20-28)13-16-31(32)33/h6-12,14-15,20-21,23-24H,5,13,16-19H2,1-4H3,(H,32,33)/t23?,24-/m1/s1. The summed E-state index contributed by atoms with van der Waals surface area (Å²) in [6.07, 6.45) is 3.44. The summed E-state index contributed by atoms with van der Waals surface area (Å²) in [4.78, 5) is 10.8. The molecule has 4 nitrogen and oxygen atoms in total. The molecule has 0 amide bonds. The van der Waals surface area contributed by atoms with E-state index in [1.54, 1.807) is 0 Å². The zero-order valence-electron chi connectivity index (χ0n) is 21.4. The molecule has 3 aromatic carbocycles. The Kier molecular flexibility index (Phi) is 9.77. The first-order valence-corrected chi connectivity index (χ1v) is 12.6. The molecule has 0 saturated carbocycles. The average Bonchev–Trinajstić information content (AvgIpc) is 2.84. The number of carboxylic acid groups (broad SMARTS) is 1. The third kappa shape index (κ3) is 8.17. The van der Waals surface area contributed by atoms with Crippen molar-refractivity contribution >= 4 is 5.97 Å². The van der Waals surface area contributed by atoms with E-state index in [0.29, 0.717) is 18.9 Å². The van der Waals surface area contributed by atoms with Crippen LogP contribution in [0, 0.1) is 6.92 Å². The van der Waals surface area contributed by atoms with Crippen LogP contribution in [0.1, 0.15) is 67.3 Å². The van der Waals surface area contributed by atoms with Gasteiger partial charge in [0.05, 0.1) is 12.7 Å². The van der Waals surface area contributed by atoms with Crippen molar-refractivity contribution in [2.24, 2.45) is 0 Å². The maximum absolute atomic E-state index is 10.8. The van der Waals surface area contributed by atoms with Gasteiger partial charge in [-0.3, -0.25) is 4.79 Å². The molecule has 0 aliphatic rings. The monoisotopic (exact) mass is 474 g/mol. The van der Waals surface area contributed by atoms with Crippen LogP contribution < -0.4 is 9.47 Å². The van der Waals surface area contributed by atoms with Crippen LogP contribution in [0.3, 0.4) is 0 Å². The lowest BCUT2D eigenvalue weighted by Crippen LogP contribution is -2.17. The van der Waals surface area contributed by atoms with Crippen LogP contribution in [0.4, 0.5) is 0 Å². The Hall–Kier alpha value is -3.27. The molecule has 0 aromatic heterocycles. The van der Waals surface area contributed by atoms with E-state index < -0.39 is 5.97 Å². The van der Waals surface area contributed by atoms with Gasteiger partial charge in [-0.25, -0.2) is 0 Å². The van der Waals surface area contributed by atoms with Crippen LogP contribution in [0.5, 0.6) is 11.5 Å². The molecule has 3 rings (SSSR count). The van der Waals surface area contributed by atoms with Gasteiger partial charge >= 0.3 is 5.97 Å². The van der Waals surface area contributed by atoms with Gasteiger partial charge in [-0.1, -0.05) is 62.4 Å². The molecule has 0 aliphatic carbocycles. The Labute approximate surface area is 209 Å². The highest BCUT2D eigenvalue weighted by molar-refractivity contribution is 5.67. The number of rotatable bonds is 13. The Morgan fingerprint density at radius 1 is 0.971 bits per heavy atom. The molecule has 4 heteroatoms. The van der Waals surface area contributed by atoms with Crippen LogP contribution in [0.2, 0.25) is 0 Å². The summed E-state index contributed by atoms with van der Waals surface area (Å²) >= 11 is 0. The van der Waals surface area contributed by atoms with E-state index >= 15 is 0 Å². The molecule has 1 unspecified atom stereocenters. The molecular formula is C31H38O4. The Bertz CT molecular complexity index is 1090. The SMILES string of the molecule is CCc1ccc(O[C@H](C)CCOc2ccc(CCC(=O)O)c(C)c2)c(C(C)Cc2ccccc2)c1. The van der Waals surface area contributed by atoms with Crippen LogP contribution in [-0.2, 0) is 24.1 Å². The largest absolute Gasteiger partial charge is 0.493 e. The van der Waals surface area contributed by atoms with Crippen molar-refractivity contribution in [3.05, 3.63) is 94.5 Å². The molecule has 0 bridgehead atoms. The van der Waals surface area contributed by atoms with Crippen molar-refractivity contribution in [2.75, 3.05) is 6.61 Å². The fraction of sp³-hybridized carbons (Fsp3) is 0.387. The lowest BCUT2D eigenvalue weighted by molar-refractivity contribution is -0.136. The van der Waals surface area contributed by atoms with Gasteiger partial charge in [-0.2, -0.15) is 0 Å². The third-order valence-corrected chi connectivity index (χ3v) is 6.44. The summed E-state index contributed by atoms with van der Waals surface area (Å²) in [5.74, 6) is 1.33. The molecule has 0 heterocycles. The van der Waals surface area contributed by atoms with E-state index in [1.807, 2.05) is 25.1 Å². The van der Waals surface area contributed by atoms with Crippen LogP contribution >= 0.6 is 0 Å². The fourth-order valence-corrected chi connectivity index (χ4v) is 4.29. The van der Waals surface area contributed by atoms with E-state index in [9.17, 15) is 4.79 Å². The first kappa shape index (κ1) is 26.3. The average molecular weight is 475 g/mol. The number of ether oxygens (including phenoxy) is 2. The summed E-state index contributed by atoms with van der Waals surface area (Å²) in [6.45, 7) is 9.08. The lowest BCUT2D eigenvalue weighted by Gasteiger charge is -2.22. The predicted octanol–water partition coefficient (Wildman–Crippen LogP) is 7.16. The summed E-state index contributed by atoms with van der Waals surface area (Å²) in [7, 11) is 0. The normalized spacial score (nSPS) is 12.7. The highest BCUT2D eigenvalue weighted by atomic mass is 16.5. The number of hydrogen-bond donors (Lipinski definition) is 1. The number of aliphatic carboxylic acids is 1. The molecule has 186 valence electrons.